The second-order valence-electron chi connectivity index (χ2n) is 7.07. The van der Waals surface area contributed by atoms with Gasteiger partial charge in [0.25, 0.3) is 11.1 Å². The summed E-state index contributed by atoms with van der Waals surface area (Å²) in [6.45, 7) is 0.0544. The van der Waals surface area contributed by atoms with E-state index in [1.54, 1.807) is 30.3 Å². The maximum Gasteiger partial charge on any atom is 0.293 e. The molecule has 33 heavy (non-hydrogen) atoms. The van der Waals surface area contributed by atoms with Gasteiger partial charge in [0.05, 0.1) is 11.4 Å². The van der Waals surface area contributed by atoms with Gasteiger partial charge in [0, 0.05) is 25.6 Å². The fraction of sp³-hybridized carbons (Fsp3) is 0.0833. The van der Waals surface area contributed by atoms with Crippen LogP contribution in [0, 0.1) is 5.82 Å². The average molecular weight is 567 g/mol. The van der Waals surface area contributed by atoms with E-state index in [0.29, 0.717) is 22.9 Å². The molecular formula is C24H15BrCl2FNO3S. The van der Waals surface area contributed by atoms with Gasteiger partial charge in [-0.05, 0) is 65.9 Å². The van der Waals surface area contributed by atoms with E-state index in [0.717, 1.165) is 26.7 Å². The summed E-state index contributed by atoms with van der Waals surface area (Å²) in [7, 11) is 0. The number of carbonyl (C=O) groups excluding carboxylic acids is 2. The van der Waals surface area contributed by atoms with Crippen LogP contribution in [-0.4, -0.2) is 16.0 Å². The van der Waals surface area contributed by atoms with Crippen molar-refractivity contribution in [1.82, 2.24) is 4.90 Å². The summed E-state index contributed by atoms with van der Waals surface area (Å²) in [5.41, 5.74) is 1.64. The summed E-state index contributed by atoms with van der Waals surface area (Å²) in [4.78, 5) is 26.6. The average Bonchev–Trinajstić information content (AvgIpc) is 3.04. The van der Waals surface area contributed by atoms with Gasteiger partial charge in [0.2, 0.25) is 0 Å². The normalized spacial score (nSPS) is 14.9. The van der Waals surface area contributed by atoms with E-state index in [1.807, 2.05) is 18.2 Å². The lowest BCUT2D eigenvalue weighted by molar-refractivity contribution is -0.123. The van der Waals surface area contributed by atoms with Crippen LogP contribution in [0.1, 0.15) is 16.7 Å². The number of imide groups is 1. The van der Waals surface area contributed by atoms with Gasteiger partial charge in [-0.2, -0.15) is 0 Å². The number of carbonyl (C=O) groups is 2. The van der Waals surface area contributed by atoms with E-state index in [2.05, 4.69) is 15.9 Å². The predicted molar refractivity (Wildman–Crippen MR) is 133 cm³/mol. The molecule has 0 aliphatic carbocycles. The van der Waals surface area contributed by atoms with E-state index in [4.69, 9.17) is 27.9 Å². The zero-order chi connectivity index (χ0) is 23.5. The minimum Gasteiger partial charge on any atom is -0.488 e. The van der Waals surface area contributed by atoms with Crippen LogP contribution in [-0.2, 0) is 17.9 Å². The number of hydrogen-bond donors (Lipinski definition) is 0. The molecule has 0 atom stereocenters. The Hall–Kier alpha value is -2.32. The van der Waals surface area contributed by atoms with Gasteiger partial charge in [0.15, 0.2) is 0 Å². The van der Waals surface area contributed by atoms with Gasteiger partial charge in [-0.15, -0.1) is 0 Å². The first-order chi connectivity index (χ1) is 15.8. The number of halogens is 4. The van der Waals surface area contributed by atoms with Crippen LogP contribution >= 0.6 is 50.9 Å². The van der Waals surface area contributed by atoms with Crippen LogP contribution in [0.15, 0.2) is 70.0 Å². The van der Waals surface area contributed by atoms with Crippen molar-refractivity contribution in [3.8, 4) is 5.75 Å². The fourth-order valence-corrected chi connectivity index (χ4v) is 4.68. The molecule has 0 bridgehead atoms. The Bertz CT molecular complexity index is 1250. The van der Waals surface area contributed by atoms with Crippen LogP contribution in [0.3, 0.4) is 0 Å². The molecule has 0 aromatic heterocycles. The third-order valence-corrected chi connectivity index (χ3v) is 6.82. The first-order valence-corrected chi connectivity index (χ1v) is 12.0. The minimum absolute atomic E-state index is 0.0946. The number of rotatable bonds is 6. The summed E-state index contributed by atoms with van der Waals surface area (Å²) in [5, 5.41) is 0.294. The molecule has 3 aromatic rings. The summed E-state index contributed by atoms with van der Waals surface area (Å²) in [6.07, 6.45) is 1.59. The molecule has 0 unspecified atom stereocenters. The van der Waals surface area contributed by atoms with Gasteiger partial charge < -0.3 is 4.74 Å². The van der Waals surface area contributed by atoms with Gasteiger partial charge in [-0.1, -0.05) is 57.3 Å². The SMILES string of the molecule is O=C1S/C(=C/c2cc(Br)ccc2OCc2ccc(Cl)cc2)C(=O)N1Cc1c(F)cccc1Cl. The van der Waals surface area contributed by atoms with Crippen molar-refractivity contribution < 1.29 is 18.7 Å². The number of ether oxygens (including phenoxy) is 1. The molecule has 0 N–H and O–H groups in total. The largest absolute Gasteiger partial charge is 0.488 e. The second-order valence-corrected chi connectivity index (χ2v) is 9.82. The van der Waals surface area contributed by atoms with Crippen molar-refractivity contribution >= 4 is 68.1 Å². The van der Waals surface area contributed by atoms with Crippen molar-refractivity contribution in [2.45, 2.75) is 13.2 Å². The molecule has 1 saturated heterocycles. The zero-order valence-corrected chi connectivity index (χ0v) is 20.8. The molecule has 4 nitrogen and oxygen atoms in total. The Labute approximate surface area is 212 Å². The van der Waals surface area contributed by atoms with E-state index in [1.165, 1.54) is 18.2 Å². The number of amides is 2. The Balaban J connectivity index is 1.57. The predicted octanol–water partition coefficient (Wildman–Crippen LogP) is 7.71. The monoisotopic (exact) mass is 565 g/mol. The Kier molecular flexibility index (Phi) is 7.44. The van der Waals surface area contributed by atoms with Crippen LogP contribution in [0.2, 0.25) is 10.0 Å². The Morgan fingerprint density at radius 1 is 1.06 bits per heavy atom. The first-order valence-electron chi connectivity index (χ1n) is 9.67. The molecule has 0 saturated carbocycles. The molecule has 9 heteroatoms. The van der Waals surface area contributed by atoms with Gasteiger partial charge in [-0.3, -0.25) is 14.5 Å². The van der Waals surface area contributed by atoms with Crippen molar-refractivity contribution in [3.63, 3.8) is 0 Å². The molecule has 1 heterocycles. The highest BCUT2D eigenvalue weighted by atomic mass is 79.9. The van der Waals surface area contributed by atoms with E-state index in [-0.39, 0.29) is 22.0 Å². The number of thioether (sulfide) groups is 1. The fourth-order valence-electron chi connectivity index (χ4n) is 3.12. The molecular weight excluding hydrogens is 552 g/mol. The summed E-state index contributed by atoms with van der Waals surface area (Å²) >= 11 is 16.2. The number of nitrogens with zero attached hydrogens (tertiary/aromatic N) is 1. The Morgan fingerprint density at radius 3 is 2.55 bits per heavy atom. The van der Waals surface area contributed by atoms with Crippen LogP contribution in [0.5, 0.6) is 5.75 Å². The van der Waals surface area contributed by atoms with Crippen molar-refractivity contribution in [2.24, 2.45) is 0 Å². The highest BCUT2D eigenvalue weighted by Crippen LogP contribution is 2.36. The van der Waals surface area contributed by atoms with Crippen LogP contribution in [0.25, 0.3) is 6.08 Å². The molecule has 3 aromatic carbocycles. The maximum atomic E-state index is 14.2. The Morgan fingerprint density at radius 2 is 1.82 bits per heavy atom. The highest BCUT2D eigenvalue weighted by molar-refractivity contribution is 9.10. The third-order valence-electron chi connectivity index (χ3n) is 4.82. The van der Waals surface area contributed by atoms with Gasteiger partial charge in [0.1, 0.15) is 18.2 Å². The minimum atomic E-state index is -0.574. The summed E-state index contributed by atoms with van der Waals surface area (Å²) < 4.78 is 20.9. The van der Waals surface area contributed by atoms with Crippen molar-refractivity contribution in [3.05, 3.63) is 103 Å². The molecule has 0 radical (unpaired) electrons. The quantitative estimate of drug-likeness (QED) is 0.287. The van der Waals surface area contributed by atoms with Crippen LogP contribution in [0.4, 0.5) is 9.18 Å². The first kappa shape index (κ1) is 23.8. The number of benzene rings is 3. The molecule has 0 spiro atoms. The lowest BCUT2D eigenvalue weighted by atomic mass is 10.1. The molecule has 1 aliphatic rings. The highest BCUT2D eigenvalue weighted by Gasteiger charge is 2.36. The lowest BCUT2D eigenvalue weighted by Gasteiger charge is -2.14. The third kappa shape index (κ3) is 5.61. The van der Waals surface area contributed by atoms with E-state index < -0.39 is 17.0 Å². The lowest BCUT2D eigenvalue weighted by Crippen LogP contribution is -2.28. The zero-order valence-electron chi connectivity index (χ0n) is 16.9. The maximum absolute atomic E-state index is 14.2. The molecule has 1 aliphatic heterocycles. The standard InChI is InChI=1S/C24H15BrCl2FNO3S/c25-16-6-9-21(32-13-14-4-7-17(26)8-5-14)15(10-16)11-22-23(30)29(24(31)33-22)12-18-19(27)2-1-3-20(18)28/h1-11H,12-13H2/b22-11+. The van der Waals surface area contributed by atoms with Gasteiger partial charge in [-0.25, -0.2) is 4.39 Å². The molecule has 2 amide bonds. The number of hydrogen-bond acceptors (Lipinski definition) is 4. The van der Waals surface area contributed by atoms with Crippen molar-refractivity contribution in [1.29, 1.82) is 0 Å². The van der Waals surface area contributed by atoms with Crippen LogP contribution < -0.4 is 4.74 Å². The van der Waals surface area contributed by atoms with E-state index >= 15 is 0 Å². The second kappa shape index (κ2) is 10.3. The molecule has 4 rings (SSSR count). The summed E-state index contributed by atoms with van der Waals surface area (Å²) in [6, 6.07) is 16.9. The molecule has 1 fully saturated rings. The topological polar surface area (TPSA) is 46.6 Å². The summed E-state index contributed by atoms with van der Waals surface area (Å²) in [5.74, 6) is -0.555. The van der Waals surface area contributed by atoms with Crippen molar-refractivity contribution in [2.75, 3.05) is 0 Å². The molecule has 168 valence electrons. The van der Waals surface area contributed by atoms with E-state index in [9.17, 15) is 14.0 Å². The smallest absolute Gasteiger partial charge is 0.293 e. The van der Waals surface area contributed by atoms with Gasteiger partial charge >= 0.3 is 0 Å².